The molecule has 2 aromatic rings. The fourth-order valence-electron chi connectivity index (χ4n) is 4.96. The molecule has 0 radical (unpaired) electrons. The molecule has 0 unspecified atom stereocenters. The van der Waals surface area contributed by atoms with Crippen molar-refractivity contribution in [2.24, 2.45) is 0 Å². The van der Waals surface area contributed by atoms with Gasteiger partial charge in [0.15, 0.2) is 0 Å². The van der Waals surface area contributed by atoms with Gasteiger partial charge in [0, 0.05) is 42.6 Å². The molecule has 4 rings (SSSR count). The maximum Gasteiger partial charge on any atom is 0.321 e. The van der Waals surface area contributed by atoms with E-state index in [-0.39, 0.29) is 6.03 Å². The zero-order chi connectivity index (χ0) is 23.2. The number of hydrogen-bond acceptors (Lipinski definition) is 4. The lowest BCUT2D eigenvalue weighted by Gasteiger charge is -2.36. The second kappa shape index (κ2) is 11.1. The van der Waals surface area contributed by atoms with Crippen LogP contribution in [0.2, 0.25) is 5.02 Å². The minimum Gasteiger partial charge on any atom is -0.496 e. The van der Waals surface area contributed by atoms with Gasteiger partial charge in [-0.25, -0.2) is 4.79 Å². The van der Waals surface area contributed by atoms with Crippen molar-refractivity contribution in [3.05, 3.63) is 53.1 Å². The van der Waals surface area contributed by atoms with Crippen molar-refractivity contribution < 1.29 is 9.53 Å². The molecule has 2 heterocycles. The van der Waals surface area contributed by atoms with Gasteiger partial charge < -0.3 is 24.8 Å². The Morgan fingerprint density at radius 2 is 1.82 bits per heavy atom. The van der Waals surface area contributed by atoms with Crippen LogP contribution in [0, 0.1) is 0 Å². The van der Waals surface area contributed by atoms with Crippen molar-refractivity contribution in [1.82, 2.24) is 9.80 Å². The van der Waals surface area contributed by atoms with E-state index in [0.29, 0.717) is 19.0 Å². The lowest BCUT2D eigenvalue weighted by Crippen LogP contribution is -2.50. The van der Waals surface area contributed by atoms with Gasteiger partial charge in [0.1, 0.15) is 5.75 Å². The number of nitrogens with zero attached hydrogens (tertiary/aromatic N) is 3. The number of halogens is 1. The van der Waals surface area contributed by atoms with E-state index in [1.54, 1.807) is 7.11 Å². The van der Waals surface area contributed by atoms with Crippen molar-refractivity contribution in [2.45, 2.75) is 32.1 Å². The number of carbonyl (C=O) groups is 1. The molecule has 6 nitrogen and oxygen atoms in total. The number of methoxy groups -OCH3 is 1. The highest BCUT2D eigenvalue weighted by molar-refractivity contribution is 6.30. The number of carbonyl (C=O) groups excluding carboxylic acids is 1. The molecule has 0 spiro atoms. The number of piperidine rings is 1. The molecule has 0 aromatic heterocycles. The first-order valence-electron chi connectivity index (χ1n) is 12.0. The summed E-state index contributed by atoms with van der Waals surface area (Å²) in [6.07, 6.45) is 3.45. The molecular formula is C26H35ClN4O2. The summed E-state index contributed by atoms with van der Waals surface area (Å²) in [5.41, 5.74) is 3.15. The first-order chi connectivity index (χ1) is 16.1. The van der Waals surface area contributed by atoms with E-state index in [1.165, 1.54) is 18.5 Å². The number of nitrogens with one attached hydrogen (secondary N) is 1. The normalized spacial score (nSPS) is 17.8. The highest BCUT2D eigenvalue weighted by Crippen LogP contribution is 2.36. The number of benzene rings is 2. The van der Waals surface area contributed by atoms with Crippen LogP contribution in [0.4, 0.5) is 16.2 Å². The van der Waals surface area contributed by atoms with Crippen molar-refractivity contribution >= 4 is 29.0 Å². The average molecular weight is 471 g/mol. The molecule has 2 saturated heterocycles. The summed E-state index contributed by atoms with van der Waals surface area (Å²) >= 11 is 6.13. The SMILES string of the molecule is CCCN1CCC(c2cc(NC(=O)N3CCN(c4cccc(Cl)c4)CC3)ccc2OC)CC1. The highest BCUT2D eigenvalue weighted by Gasteiger charge is 2.25. The van der Waals surface area contributed by atoms with Crippen LogP contribution in [0.1, 0.15) is 37.7 Å². The predicted molar refractivity (Wildman–Crippen MR) is 136 cm³/mol. The summed E-state index contributed by atoms with van der Waals surface area (Å²) in [4.78, 5) is 19.7. The number of ether oxygens (including phenoxy) is 1. The Morgan fingerprint density at radius 1 is 1.06 bits per heavy atom. The number of anilines is 2. The summed E-state index contributed by atoms with van der Waals surface area (Å²) in [5.74, 6) is 1.38. The molecule has 2 fully saturated rings. The van der Waals surface area contributed by atoms with Crippen molar-refractivity contribution in [3.8, 4) is 5.75 Å². The summed E-state index contributed by atoms with van der Waals surface area (Å²) in [6.45, 7) is 8.58. The quantitative estimate of drug-likeness (QED) is 0.623. The van der Waals surface area contributed by atoms with E-state index in [2.05, 4.69) is 34.2 Å². The molecule has 178 valence electrons. The van der Waals surface area contributed by atoms with Gasteiger partial charge in [-0.1, -0.05) is 24.6 Å². The van der Waals surface area contributed by atoms with Crippen LogP contribution in [0.15, 0.2) is 42.5 Å². The van der Waals surface area contributed by atoms with Gasteiger partial charge in [0.25, 0.3) is 0 Å². The fraction of sp³-hybridized carbons (Fsp3) is 0.500. The molecule has 2 aliphatic heterocycles. The maximum atomic E-state index is 13.0. The summed E-state index contributed by atoms with van der Waals surface area (Å²) in [5, 5.41) is 3.85. The smallest absolute Gasteiger partial charge is 0.321 e. The standard InChI is InChI=1S/C26H35ClN4O2/c1-3-11-29-12-9-20(10-13-29)24-19-22(7-8-25(24)33-2)28-26(32)31-16-14-30(15-17-31)23-6-4-5-21(27)18-23/h4-8,18-20H,3,9-17H2,1-2H3,(H,28,32). The Balaban J connectivity index is 1.36. The van der Waals surface area contributed by atoms with Crippen molar-refractivity contribution in [1.29, 1.82) is 0 Å². The zero-order valence-corrected chi connectivity index (χ0v) is 20.5. The third kappa shape index (κ3) is 5.92. The van der Waals surface area contributed by atoms with E-state index < -0.39 is 0 Å². The predicted octanol–water partition coefficient (Wildman–Crippen LogP) is 5.29. The first-order valence-corrected chi connectivity index (χ1v) is 12.4. The Labute approximate surface area is 202 Å². The minimum atomic E-state index is -0.0466. The third-order valence-corrected chi connectivity index (χ3v) is 7.02. The summed E-state index contributed by atoms with van der Waals surface area (Å²) in [7, 11) is 1.72. The number of urea groups is 1. The monoisotopic (exact) mass is 470 g/mol. The highest BCUT2D eigenvalue weighted by atomic mass is 35.5. The zero-order valence-electron chi connectivity index (χ0n) is 19.7. The number of hydrogen-bond donors (Lipinski definition) is 1. The average Bonchev–Trinajstić information content (AvgIpc) is 2.85. The Bertz CT molecular complexity index is 938. The Morgan fingerprint density at radius 3 is 2.48 bits per heavy atom. The second-order valence-electron chi connectivity index (χ2n) is 8.96. The maximum absolute atomic E-state index is 13.0. The lowest BCUT2D eigenvalue weighted by molar-refractivity contribution is 0.208. The number of likely N-dealkylation sites (tertiary alicyclic amines) is 1. The second-order valence-corrected chi connectivity index (χ2v) is 9.39. The first kappa shape index (κ1) is 23.7. The van der Waals surface area contributed by atoms with E-state index in [9.17, 15) is 4.79 Å². The fourth-order valence-corrected chi connectivity index (χ4v) is 5.14. The lowest BCUT2D eigenvalue weighted by atomic mass is 9.88. The molecule has 2 amide bonds. The van der Waals surface area contributed by atoms with E-state index in [1.807, 2.05) is 35.2 Å². The molecule has 2 aliphatic rings. The van der Waals surface area contributed by atoms with Gasteiger partial charge in [0.05, 0.1) is 7.11 Å². The number of piperazine rings is 1. The van der Waals surface area contributed by atoms with Crippen LogP contribution in [0.5, 0.6) is 5.75 Å². The van der Waals surface area contributed by atoms with Crippen LogP contribution in [0.25, 0.3) is 0 Å². The number of amides is 2. The molecule has 0 bridgehead atoms. The van der Waals surface area contributed by atoms with Crippen molar-refractivity contribution in [2.75, 3.05) is 63.1 Å². The van der Waals surface area contributed by atoms with Crippen LogP contribution in [-0.4, -0.2) is 68.8 Å². The largest absolute Gasteiger partial charge is 0.496 e. The molecule has 0 saturated carbocycles. The Hall–Kier alpha value is -2.44. The third-order valence-electron chi connectivity index (χ3n) is 6.79. The van der Waals surface area contributed by atoms with Gasteiger partial charge in [-0.05, 0) is 86.8 Å². The molecule has 33 heavy (non-hydrogen) atoms. The van der Waals surface area contributed by atoms with Gasteiger partial charge >= 0.3 is 6.03 Å². The molecule has 1 N–H and O–H groups in total. The van der Waals surface area contributed by atoms with Crippen LogP contribution in [-0.2, 0) is 0 Å². The molecule has 7 heteroatoms. The molecule has 0 atom stereocenters. The van der Waals surface area contributed by atoms with E-state index in [4.69, 9.17) is 16.3 Å². The number of rotatable bonds is 6. The van der Waals surface area contributed by atoms with E-state index in [0.717, 1.165) is 61.2 Å². The molecule has 2 aromatic carbocycles. The summed E-state index contributed by atoms with van der Waals surface area (Å²) in [6, 6.07) is 13.9. The van der Waals surface area contributed by atoms with Crippen LogP contribution >= 0.6 is 11.6 Å². The van der Waals surface area contributed by atoms with Gasteiger partial charge in [-0.2, -0.15) is 0 Å². The summed E-state index contributed by atoms with van der Waals surface area (Å²) < 4.78 is 5.66. The molecular weight excluding hydrogens is 436 g/mol. The molecule has 0 aliphatic carbocycles. The van der Waals surface area contributed by atoms with Gasteiger partial charge in [0.2, 0.25) is 0 Å². The van der Waals surface area contributed by atoms with E-state index >= 15 is 0 Å². The van der Waals surface area contributed by atoms with Gasteiger partial charge in [-0.3, -0.25) is 0 Å². The van der Waals surface area contributed by atoms with Crippen LogP contribution < -0.4 is 15.0 Å². The minimum absolute atomic E-state index is 0.0466. The Kier molecular flexibility index (Phi) is 7.99. The van der Waals surface area contributed by atoms with Crippen LogP contribution in [0.3, 0.4) is 0 Å². The van der Waals surface area contributed by atoms with Crippen molar-refractivity contribution in [3.63, 3.8) is 0 Å². The topological polar surface area (TPSA) is 48.1 Å². The van der Waals surface area contributed by atoms with Gasteiger partial charge in [-0.15, -0.1) is 0 Å².